The molecule has 0 unspecified atom stereocenters. The molecule has 0 radical (unpaired) electrons. The largest absolute Gasteiger partial charge is 0.417 e. The molecule has 7 heteroatoms. The molecule has 0 aliphatic rings. The van der Waals surface area contributed by atoms with Gasteiger partial charge in [0.05, 0.1) is 10.6 Å². The Morgan fingerprint density at radius 3 is 2.33 bits per heavy atom. The summed E-state index contributed by atoms with van der Waals surface area (Å²) in [4.78, 5) is 12.3. The summed E-state index contributed by atoms with van der Waals surface area (Å²) in [5.41, 5.74) is 0.353. The maximum absolute atomic E-state index is 12.9. The van der Waals surface area contributed by atoms with Crippen molar-refractivity contribution in [2.75, 3.05) is 5.32 Å². The predicted octanol–water partition coefficient (Wildman–Crippen LogP) is 6.03. The maximum Gasteiger partial charge on any atom is 0.417 e. The van der Waals surface area contributed by atoms with Crippen molar-refractivity contribution in [1.82, 2.24) is 0 Å². The van der Waals surface area contributed by atoms with Crippen LogP contribution in [0, 0.1) is 11.3 Å². The molecule has 27 heavy (non-hydrogen) atoms. The molecule has 0 fully saturated rings. The van der Waals surface area contributed by atoms with E-state index in [1.807, 2.05) is 26.0 Å². The van der Waals surface area contributed by atoms with Gasteiger partial charge in [-0.2, -0.15) is 18.4 Å². The Bertz CT molecular complexity index is 910. The Hall–Kier alpha value is -2.78. The summed E-state index contributed by atoms with van der Waals surface area (Å²) < 4.78 is 38.7. The van der Waals surface area contributed by atoms with Crippen LogP contribution in [0.1, 0.15) is 36.5 Å². The van der Waals surface area contributed by atoms with Gasteiger partial charge in [0.1, 0.15) is 11.6 Å². The molecule has 0 spiro atoms. The average molecular weight is 393 g/mol. The second-order valence-electron chi connectivity index (χ2n) is 6.14. The van der Waals surface area contributed by atoms with E-state index in [1.54, 1.807) is 18.2 Å². The number of carbonyl (C=O) groups is 1. The fourth-order valence-corrected chi connectivity index (χ4v) is 2.54. The zero-order chi connectivity index (χ0) is 20.2. The number of carbonyl (C=O) groups excluding carboxylic acids is 1. The van der Waals surface area contributed by atoms with E-state index in [-0.39, 0.29) is 11.3 Å². The van der Waals surface area contributed by atoms with Crippen molar-refractivity contribution in [2.45, 2.75) is 25.9 Å². The van der Waals surface area contributed by atoms with Crippen molar-refractivity contribution >= 4 is 29.3 Å². The lowest BCUT2D eigenvalue weighted by Crippen LogP contribution is -2.14. The van der Waals surface area contributed by atoms with Crippen LogP contribution in [0.15, 0.2) is 48.0 Å². The van der Waals surface area contributed by atoms with Crippen LogP contribution >= 0.6 is 11.6 Å². The molecular formula is C20H16ClF3N2O. The molecule has 0 bridgehead atoms. The highest BCUT2D eigenvalue weighted by Gasteiger charge is 2.33. The molecule has 0 saturated carbocycles. The summed E-state index contributed by atoms with van der Waals surface area (Å²) in [7, 11) is 0. The molecule has 140 valence electrons. The van der Waals surface area contributed by atoms with Crippen molar-refractivity contribution in [3.8, 4) is 6.07 Å². The summed E-state index contributed by atoms with van der Waals surface area (Å²) in [6, 6.07) is 12.1. The highest BCUT2D eigenvalue weighted by Crippen LogP contribution is 2.36. The van der Waals surface area contributed by atoms with E-state index < -0.39 is 22.7 Å². The molecule has 0 aromatic heterocycles. The number of halogens is 4. The first-order valence-corrected chi connectivity index (χ1v) is 8.39. The van der Waals surface area contributed by atoms with Crippen molar-refractivity contribution in [3.63, 3.8) is 0 Å². The maximum atomic E-state index is 12.9. The van der Waals surface area contributed by atoms with Crippen LogP contribution in [0.25, 0.3) is 6.08 Å². The number of nitrogens with one attached hydrogen (secondary N) is 1. The predicted molar refractivity (Wildman–Crippen MR) is 99.2 cm³/mol. The van der Waals surface area contributed by atoms with Gasteiger partial charge in [0.2, 0.25) is 0 Å². The van der Waals surface area contributed by atoms with Gasteiger partial charge in [-0.05, 0) is 41.3 Å². The van der Waals surface area contributed by atoms with Gasteiger partial charge in [0, 0.05) is 5.69 Å². The summed E-state index contributed by atoms with van der Waals surface area (Å²) in [5, 5.41) is 11.0. The van der Waals surface area contributed by atoms with Crippen LogP contribution in [-0.2, 0) is 11.0 Å². The summed E-state index contributed by atoms with van der Waals surface area (Å²) in [5.74, 6) is -0.463. The van der Waals surface area contributed by atoms with E-state index in [2.05, 4.69) is 5.32 Å². The number of alkyl halides is 3. The molecule has 1 N–H and O–H groups in total. The van der Waals surface area contributed by atoms with E-state index in [1.165, 1.54) is 12.1 Å². The smallest absolute Gasteiger partial charge is 0.321 e. The Kier molecular flexibility index (Phi) is 6.29. The fraction of sp³-hybridized carbons (Fsp3) is 0.200. The van der Waals surface area contributed by atoms with Crippen LogP contribution in [0.3, 0.4) is 0 Å². The lowest BCUT2D eigenvalue weighted by Gasteiger charge is -2.11. The number of benzene rings is 2. The van der Waals surface area contributed by atoms with E-state index in [4.69, 9.17) is 11.6 Å². The van der Waals surface area contributed by atoms with E-state index in [0.717, 1.165) is 17.7 Å². The lowest BCUT2D eigenvalue weighted by atomic mass is 10.0. The van der Waals surface area contributed by atoms with Crippen LogP contribution in [-0.4, -0.2) is 5.91 Å². The van der Waals surface area contributed by atoms with Gasteiger partial charge in [-0.15, -0.1) is 0 Å². The summed E-state index contributed by atoms with van der Waals surface area (Å²) >= 11 is 5.55. The van der Waals surface area contributed by atoms with Crippen molar-refractivity contribution in [2.24, 2.45) is 0 Å². The van der Waals surface area contributed by atoms with Crippen molar-refractivity contribution in [3.05, 3.63) is 69.8 Å². The van der Waals surface area contributed by atoms with Crippen LogP contribution < -0.4 is 5.32 Å². The van der Waals surface area contributed by atoms with Gasteiger partial charge in [-0.25, -0.2) is 0 Å². The average Bonchev–Trinajstić information content (AvgIpc) is 2.60. The first-order valence-electron chi connectivity index (χ1n) is 8.01. The quantitative estimate of drug-likeness (QED) is 0.510. The van der Waals surface area contributed by atoms with Crippen molar-refractivity contribution in [1.29, 1.82) is 5.26 Å². The van der Waals surface area contributed by atoms with E-state index in [0.29, 0.717) is 11.5 Å². The minimum atomic E-state index is -4.65. The normalized spacial score (nSPS) is 12.0. The van der Waals surface area contributed by atoms with Gasteiger partial charge in [0.15, 0.2) is 0 Å². The topological polar surface area (TPSA) is 52.9 Å². The number of hydrogen-bond acceptors (Lipinski definition) is 2. The van der Waals surface area contributed by atoms with Crippen molar-refractivity contribution < 1.29 is 18.0 Å². The minimum Gasteiger partial charge on any atom is -0.321 e. The number of rotatable bonds is 4. The number of nitriles is 1. The number of nitrogens with zero attached hydrogens (tertiary/aromatic N) is 1. The first-order chi connectivity index (χ1) is 12.6. The fourth-order valence-electron chi connectivity index (χ4n) is 2.31. The lowest BCUT2D eigenvalue weighted by molar-refractivity contribution is -0.137. The summed E-state index contributed by atoms with van der Waals surface area (Å²) in [6.45, 7) is 4.08. The molecule has 0 aliphatic carbocycles. The van der Waals surface area contributed by atoms with E-state index in [9.17, 15) is 23.2 Å². The molecule has 0 atom stereocenters. The molecule has 1 amide bonds. The van der Waals surface area contributed by atoms with Gasteiger partial charge in [-0.1, -0.05) is 49.7 Å². The minimum absolute atomic E-state index is 0.104. The Morgan fingerprint density at radius 2 is 1.81 bits per heavy atom. The molecule has 2 aromatic carbocycles. The number of amides is 1. The third-order valence-corrected chi connectivity index (χ3v) is 4.14. The van der Waals surface area contributed by atoms with Crippen LogP contribution in [0.5, 0.6) is 0 Å². The summed E-state index contributed by atoms with van der Waals surface area (Å²) in [6.07, 6.45) is -3.27. The molecular weight excluding hydrogens is 377 g/mol. The molecule has 0 aliphatic heterocycles. The number of hydrogen-bond donors (Lipinski definition) is 1. The van der Waals surface area contributed by atoms with Gasteiger partial charge < -0.3 is 5.32 Å². The highest BCUT2D eigenvalue weighted by molar-refractivity contribution is 6.31. The first kappa shape index (κ1) is 20.5. The Balaban J connectivity index is 2.24. The number of anilines is 1. The monoisotopic (exact) mass is 392 g/mol. The molecule has 0 saturated heterocycles. The second-order valence-corrected chi connectivity index (χ2v) is 6.54. The second kappa shape index (κ2) is 8.28. The Labute approximate surface area is 160 Å². The third-order valence-electron chi connectivity index (χ3n) is 3.81. The SMILES string of the molecule is CC(C)c1ccc(/C=C(\C#N)C(=O)Nc2ccc(Cl)c(C(F)(F)F)c2)cc1. The highest BCUT2D eigenvalue weighted by atomic mass is 35.5. The van der Waals surface area contributed by atoms with Gasteiger partial charge >= 0.3 is 6.18 Å². The standard InChI is InChI=1S/C20H16ClF3N2O/c1-12(2)14-5-3-13(4-6-14)9-15(11-25)19(27)26-16-7-8-18(21)17(10-16)20(22,23)24/h3-10,12H,1-2H3,(H,26,27)/b15-9+. The van der Waals surface area contributed by atoms with Crippen LogP contribution in [0.2, 0.25) is 5.02 Å². The van der Waals surface area contributed by atoms with Gasteiger partial charge in [-0.3, -0.25) is 4.79 Å². The van der Waals surface area contributed by atoms with Gasteiger partial charge in [0.25, 0.3) is 5.91 Å². The molecule has 2 rings (SSSR count). The zero-order valence-electron chi connectivity index (χ0n) is 14.6. The molecule has 2 aromatic rings. The zero-order valence-corrected chi connectivity index (χ0v) is 15.3. The molecule has 0 heterocycles. The Morgan fingerprint density at radius 1 is 1.19 bits per heavy atom. The van der Waals surface area contributed by atoms with Crippen LogP contribution in [0.4, 0.5) is 18.9 Å². The third kappa shape index (κ3) is 5.35. The van der Waals surface area contributed by atoms with E-state index >= 15 is 0 Å². The molecule has 3 nitrogen and oxygen atoms in total.